The number of hydrogen-bond donors (Lipinski definition) is 0. The van der Waals surface area contributed by atoms with E-state index in [-0.39, 0.29) is 27.4 Å². The van der Waals surface area contributed by atoms with Crippen molar-refractivity contribution in [3.63, 3.8) is 0 Å². The Morgan fingerprint density at radius 2 is 2.15 bits per heavy atom. The Labute approximate surface area is 163 Å². The zero-order chi connectivity index (χ0) is 19.6. The van der Waals surface area contributed by atoms with Crippen LogP contribution in [-0.2, 0) is 26.0 Å². The van der Waals surface area contributed by atoms with Crippen LogP contribution in [0.1, 0.15) is 26.7 Å². The van der Waals surface area contributed by atoms with Gasteiger partial charge in [-0.3, -0.25) is 14.3 Å². The van der Waals surface area contributed by atoms with E-state index in [9.17, 15) is 13.2 Å². The fraction of sp³-hybridized carbons (Fsp3) is 0.556. The molecule has 0 spiro atoms. The maximum Gasteiger partial charge on any atom is 0.310 e. The predicted octanol–water partition coefficient (Wildman–Crippen LogP) is 2.99. The lowest BCUT2D eigenvalue weighted by molar-refractivity contribution is -0.150. The van der Waals surface area contributed by atoms with Crippen molar-refractivity contribution in [3.05, 3.63) is 23.0 Å². The number of rotatable bonds is 6. The third kappa shape index (κ3) is 4.25. The Morgan fingerprint density at radius 3 is 2.85 bits per heavy atom. The molecule has 9 heteroatoms. The van der Waals surface area contributed by atoms with E-state index in [4.69, 9.17) is 21.4 Å². The molecule has 0 N–H and O–H groups in total. The van der Waals surface area contributed by atoms with Crippen LogP contribution in [0.15, 0.2) is 27.5 Å². The van der Waals surface area contributed by atoms with Gasteiger partial charge in [-0.25, -0.2) is 8.42 Å². The lowest BCUT2D eigenvalue weighted by Gasteiger charge is -2.31. The first-order valence-corrected chi connectivity index (χ1v) is 11.2. The Balaban J connectivity index is 1.88. The smallest absolute Gasteiger partial charge is 0.310 e. The molecule has 1 saturated heterocycles. The molecule has 0 radical (unpaired) electrons. The first-order chi connectivity index (χ1) is 12.9. The van der Waals surface area contributed by atoms with Crippen LogP contribution < -0.4 is 0 Å². The highest BCUT2D eigenvalue weighted by molar-refractivity contribution is 7.91. The monoisotopic (exact) mass is 412 g/mol. The van der Waals surface area contributed by atoms with Gasteiger partial charge in [0, 0.05) is 6.54 Å². The molecule has 0 amide bonds. The molecule has 1 aliphatic rings. The zero-order valence-corrected chi connectivity index (χ0v) is 17.1. The Bertz CT molecular complexity index is 993. The summed E-state index contributed by atoms with van der Waals surface area (Å²) < 4.78 is 37.0. The summed E-state index contributed by atoms with van der Waals surface area (Å²) in [6.45, 7) is 5.65. The predicted molar refractivity (Wildman–Crippen MR) is 104 cm³/mol. The van der Waals surface area contributed by atoms with E-state index in [0.29, 0.717) is 30.9 Å². The van der Waals surface area contributed by atoms with Crippen LogP contribution in [0.2, 0.25) is 0 Å². The van der Waals surface area contributed by atoms with Gasteiger partial charge in [-0.1, -0.05) is 6.92 Å². The topological polar surface area (TPSA) is 81.8 Å². The first-order valence-electron chi connectivity index (χ1n) is 9.10. The van der Waals surface area contributed by atoms with E-state index in [1.807, 2.05) is 0 Å². The van der Waals surface area contributed by atoms with Crippen LogP contribution in [-0.4, -0.2) is 49.3 Å². The van der Waals surface area contributed by atoms with Crippen molar-refractivity contribution in [2.24, 2.45) is 5.92 Å². The van der Waals surface area contributed by atoms with Gasteiger partial charge < -0.3 is 9.15 Å². The maximum absolute atomic E-state index is 12.2. The summed E-state index contributed by atoms with van der Waals surface area (Å²) in [4.78, 5) is 14.7. The van der Waals surface area contributed by atoms with E-state index >= 15 is 0 Å². The fourth-order valence-corrected chi connectivity index (χ4v) is 4.52. The van der Waals surface area contributed by atoms with Crippen LogP contribution in [0.3, 0.4) is 0 Å². The molecule has 0 bridgehead atoms. The van der Waals surface area contributed by atoms with Crippen molar-refractivity contribution in [2.75, 3.05) is 25.4 Å². The molecule has 1 aromatic heterocycles. The minimum atomic E-state index is -3.32. The molecule has 1 atom stereocenters. The molecule has 2 heterocycles. The number of ether oxygens (including phenoxy) is 1. The third-order valence-electron chi connectivity index (χ3n) is 4.84. The summed E-state index contributed by atoms with van der Waals surface area (Å²) in [5.74, 6) is -0.286. The van der Waals surface area contributed by atoms with E-state index in [1.165, 1.54) is 0 Å². The number of hydrogen-bond acceptors (Lipinski definition) is 7. The minimum Gasteiger partial charge on any atom is -0.466 e. The molecule has 0 aliphatic carbocycles. The zero-order valence-electron chi connectivity index (χ0n) is 15.5. The molecule has 2 aromatic rings. The number of carbonyl (C=O) groups excluding carboxylic acids is 1. The second-order valence-corrected chi connectivity index (χ2v) is 9.27. The average Bonchev–Trinajstić information content (AvgIpc) is 2.97. The number of carbonyl (C=O) groups is 1. The molecular weight excluding hydrogens is 388 g/mol. The number of esters is 1. The van der Waals surface area contributed by atoms with Crippen LogP contribution >= 0.6 is 12.2 Å². The molecule has 0 saturated carbocycles. The Morgan fingerprint density at radius 1 is 1.37 bits per heavy atom. The molecule has 1 aliphatic heterocycles. The molecule has 0 unspecified atom stereocenters. The molecule has 1 fully saturated rings. The highest BCUT2D eigenvalue weighted by Gasteiger charge is 2.27. The quantitative estimate of drug-likeness (QED) is 0.533. The van der Waals surface area contributed by atoms with Crippen molar-refractivity contribution in [1.29, 1.82) is 0 Å². The number of nitrogens with zero attached hydrogens (tertiary/aromatic N) is 2. The normalized spacial score (nSPS) is 18.7. The standard InChI is InChI=1S/C18H24N2O5S2/c1-3-24-17(21)13-6-5-9-19(11-13)12-20-15-10-14(27(22,23)4-2)7-8-16(15)25-18(20)26/h7-8,10,13H,3-6,9,11-12H2,1-2H3/t13-/m1/s1. The van der Waals surface area contributed by atoms with Gasteiger partial charge in [0.25, 0.3) is 4.84 Å². The number of likely N-dealkylation sites (tertiary alicyclic amines) is 1. The summed E-state index contributed by atoms with van der Waals surface area (Å²) in [5.41, 5.74) is 1.20. The lowest BCUT2D eigenvalue weighted by Crippen LogP contribution is -2.40. The van der Waals surface area contributed by atoms with Gasteiger partial charge in [-0.15, -0.1) is 0 Å². The molecular formula is C18H24N2O5S2. The molecule has 3 rings (SSSR count). The van der Waals surface area contributed by atoms with Crippen LogP contribution in [0.4, 0.5) is 0 Å². The maximum atomic E-state index is 12.2. The van der Waals surface area contributed by atoms with Gasteiger partial charge in [0.2, 0.25) is 0 Å². The van der Waals surface area contributed by atoms with Crippen molar-refractivity contribution in [2.45, 2.75) is 38.3 Å². The molecule has 7 nitrogen and oxygen atoms in total. The van der Waals surface area contributed by atoms with Gasteiger partial charge in [-0.2, -0.15) is 0 Å². The van der Waals surface area contributed by atoms with E-state index < -0.39 is 9.84 Å². The van der Waals surface area contributed by atoms with Gasteiger partial charge in [0.05, 0.1) is 35.4 Å². The Kier molecular flexibility index (Phi) is 6.02. The number of fused-ring (bicyclic) bond motifs is 1. The van der Waals surface area contributed by atoms with Gasteiger partial charge >= 0.3 is 5.97 Å². The van der Waals surface area contributed by atoms with Gasteiger partial charge in [-0.05, 0) is 56.7 Å². The number of benzene rings is 1. The summed E-state index contributed by atoms with van der Waals surface area (Å²) in [6, 6.07) is 4.80. The summed E-state index contributed by atoms with van der Waals surface area (Å²) in [6.07, 6.45) is 1.70. The molecule has 148 valence electrons. The fourth-order valence-electron chi connectivity index (χ4n) is 3.37. The number of sulfone groups is 1. The van der Waals surface area contributed by atoms with Crippen LogP contribution in [0.25, 0.3) is 11.1 Å². The third-order valence-corrected chi connectivity index (χ3v) is 6.88. The summed E-state index contributed by atoms with van der Waals surface area (Å²) >= 11 is 5.34. The Hall–Kier alpha value is -1.71. The van der Waals surface area contributed by atoms with Crippen molar-refractivity contribution >= 4 is 39.1 Å². The average molecular weight is 413 g/mol. The second-order valence-electron chi connectivity index (χ2n) is 6.64. The van der Waals surface area contributed by atoms with Crippen LogP contribution in [0, 0.1) is 10.8 Å². The van der Waals surface area contributed by atoms with E-state index in [1.54, 1.807) is 36.6 Å². The number of aromatic nitrogens is 1. The van der Waals surface area contributed by atoms with E-state index in [2.05, 4.69) is 4.90 Å². The SMILES string of the molecule is CCOC(=O)[C@@H]1CCCN(Cn2c(=S)oc3ccc(S(=O)(=O)CC)cc32)C1. The molecule has 27 heavy (non-hydrogen) atoms. The van der Waals surface area contributed by atoms with Gasteiger partial charge in [0.1, 0.15) is 0 Å². The minimum absolute atomic E-state index is 0.0322. The molecule has 1 aromatic carbocycles. The van der Waals surface area contributed by atoms with Crippen molar-refractivity contribution in [1.82, 2.24) is 9.47 Å². The largest absolute Gasteiger partial charge is 0.466 e. The number of piperidine rings is 1. The number of oxazole rings is 1. The van der Waals surface area contributed by atoms with E-state index in [0.717, 1.165) is 19.4 Å². The second kappa shape index (κ2) is 8.12. The van der Waals surface area contributed by atoms with Crippen molar-refractivity contribution < 1.29 is 22.4 Å². The highest BCUT2D eigenvalue weighted by Crippen LogP contribution is 2.24. The van der Waals surface area contributed by atoms with Gasteiger partial charge in [0.15, 0.2) is 15.4 Å². The van der Waals surface area contributed by atoms with Crippen molar-refractivity contribution in [3.8, 4) is 0 Å². The first kappa shape index (κ1) is 20.0. The van der Waals surface area contributed by atoms with Crippen LogP contribution in [0.5, 0.6) is 0 Å². The summed E-state index contributed by atoms with van der Waals surface area (Å²) in [5, 5.41) is 0. The lowest BCUT2D eigenvalue weighted by atomic mass is 9.98. The highest BCUT2D eigenvalue weighted by atomic mass is 32.2. The summed E-state index contributed by atoms with van der Waals surface area (Å²) in [7, 11) is -3.32.